The summed E-state index contributed by atoms with van der Waals surface area (Å²) in [6.45, 7) is 1.78. The first kappa shape index (κ1) is 10.3. The average Bonchev–Trinajstić information content (AvgIpc) is 2.13. The summed E-state index contributed by atoms with van der Waals surface area (Å²) in [4.78, 5) is 0. The Morgan fingerprint density at radius 3 is 2.85 bits per heavy atom. The molecule has 1 rings (SSSR count). The largest absolute Gasteiger partial charge is 0.362 e. The van der Waals surface area contributed by atoms with Gasteiger partial charge in [0.05, 0.1) is 10.7 Å². The number of anilines is 1. The van der Waals surface area contributed by atoms with Gasteiger partial charge < -0.3 is 10.1 Å². The van der Waals surface area contributed by atoms with Gasteiger partial charge in [0.2, 0.25) is 0 Å². The molecule has 0 aromatic heterocycles. The van der Waals surface area contributed by atoms with Crippen molar-refractivity contribution in [1.29, 1.82) is 0 Å². The fraction of sp³-hybridized carbons (Fsp3) is 0.333. The minimum absolute atomic E-state index is 0.105. The number of halogens is 2. The number of methoxy groups -OCH3 is 1. The third-order valence-corrected chi connectivity index (χ3v) is 1.96. The third-order valence-electron chi connectivity index (χ3n) is 1.66. The van der Waals surface area contributed by atoms with Crippen LogP contribution in [0.2, 0.25) is 5.02 Å². The Labute approximate surface area is 81.7 Å². The molecule has 0 saturated carbocycles. The van der Waals surface area contributed by atoms with E-state index >= 15 is 0 Å². The highest BCUT2D eigenvalue weighted by atomic mass is 35.5. The van der Waals surface area contributed by atoms with Gasteiger partial charge in [-0.15, -0.1) is 0 Å². The van der Waals surface area contributed by atoms with Crippen LogP contribution in [0.25, 0.3) is 0 Å². The molecule has 0 aliphatic heterocycles. The Kier molecular flexibility index (Phi) is 3.51. The van der Waals surface area contributed by atoms with Crippen molar-refractivity contribution in [2.75, 3.05) is 12.4 Å². The molecule has 72 valence electrons. The van der Waals surface area contributed by atoms with E-state index in [1.807, 2.05) is 0 Å². The van der Waals surface area contributed by atoms with Crippen LogP contribution in [0.15, 0.2) is 18.2 Å². The molecule has 0 bridgehead atoms. The van der Waals surface area contributed by atoms with Crippen LogP contribution in [0.4, 0.5) is 10.1 Å². The first-order chi connectivity index (χ1) is 6.15. The molecule has 4 heteroatoms. The van der Waals surface area contributed by atoms with Crippen LogP contribution >= 0.6 is 11.6 Å². The lowest BCUT2D eigenvalue weighted by Gasteiger charge is -2.13. The summed E-state index contributed by atoms with van der Waals surface area (Å²) in [5.74, 6) is -0.451. The number of ether oxygens (including phenoxy) is 1. The number of nitrogens with one attached hydrogen (secondary N) is 1. The van der Waals surface area contributed by atoms with Crippen molar-refractivity contribution in [3.63, 3.8) is 0 Å². The van der Waals surface area contributed by atoms with Crippen molar-refractivity contribution in [3.05, 3.63) is 29.0 Å². The molecule has 0 saturated heterocycles. The molecule has 1 atom stereocenters. The zero-order valence-electron chi connectivity index (χ0n) is 7.47. The van der Waals surface area contributed by atoms with E-state index in [0.717, 1.165) is 0 Å². The molecule has 1 aromatic rings. The van der Waals surface area contributed by atoms with Crippen molar-refractivity contribution in [2.24, 2.45) is 0 Å². The molecular weight excluding hydrogens is 193 g/mol. The second-order valence-electron chi connectivity index (χ2n) is 2.62. The maximum absolute atomic E-state index is 13.2. The van der Waals surface area contributed by atoms with E-state index in [9.17, 15) is 4.39 Å². The predicted molar refractivity (Wildman–Crippen MR) is 51.5 cm³/mol. The van der Waals surface area contributed by atoms with E-state index in [1.54, 1.807) is 26.2 Å². The summed E-state index contributed by atoms with van der Waals surface area (Å²) < 4.78 is 18.2. The van der Waals surface area contributed by atoms with Crippen LogP contribution in [0.5, 0.6) is 0 Å². The molecule has 0 aliphatic carbocycles. The molecule has 0 aliphatic rings. The molecular formula is C9H11ClFNO. The smallest absolute Gasteiger partial charge is 0.164 e. The van der Waals surface area contributed by atoms with Gasteiger partial charge in [0.25, 0.3) is 0 Å². The normalized spacial score (nSPS) is 12.6. The second-order valence-corrected chi connectivity index (χ2v) is 3.03. The quantitative estimate of drug-likeness (QED) is 0.763. The SMILES string of the molecule is COC(C)Nc1cccc(Cl)c1F. The van der Waals surface area contributed by atoms with Crippen molar-refractivity contribution in [2.45, 2.75) is 13.2 Å². The summed E-state index contributed by atoms with van der Waals surface area (Å²) in [5, 5.41) is 2.92. The van der Waals surface area contributed by atoms with Crippen LogP contribution < -0.4 is 5.32 Å². The maximum atomic E-state index is 13.2. The van der Waals surface area contributed by atoms with Gasteiger partial charge in [-0.3, -0.25) is 0 Å². The molecule has 13 heavy (non-hydrogen) atoms. The minimum atomic E-state index is -0.451. The van der Waals surface area contributed by atoms with Crippen LogP contribution in [0.1, 0.15) is 6.92 Å². The Morgan fingerprint density at radius 2 is 2.23 bits per heavy atom. The van der Waals surface area contributed by atoms with Gasteiger partial charge in [-0.05, 0) is 19.1 Å². The van der Waals surface area contributed by atoms with Gasteiger partial charge >= 0.3 is 0 Å². The van der Waals surface area contributed by atoms with E-state index in [1.165, 1.54) is 6.07 Å². The monoisotopic (exact) mass is 203 g/mol. The highest BCUT2D eigenvalue weighted by Crippen LogP contribution is 2.22. The summed E-state index contributed by atoms with van der Waals surface area (Å²) in [6.07, 6.45) is -0.243. The van der Waals surface area contributed by atoms with E-state index < -0.39 is 5.82 Å². The lowest BCUT2D eigenvalue weighted by atomic mass is 10.3. The molecule has 0 amide bonds. The predicted octanol–water partition coefficient (Wildman–Crippen LogP) is 2.88. The Hall–Kier alpha value is -0.800. The average molecular weight is 204 g/mol. The molecule has 1 aromatic carbocycles. The van der Waals surface area contributed by atoms with E-state index in [4.69, 9.17) is 16.3 Å². The fourth-order valence-electron chi connectivity index (χ4n) is 0.893. The molecule has 0 spiro atoms. The minimum Gasteiger partial charge on any atom is -0.362 e. The van der Waals surface area contributed by atoms with Crippen molar-refractivity contribution < 1.29 is 9.13 Å². The van der Waals surface area contributed by atoms with Gasteiger partial charge in [0, 0.05) is 7.11 Å². The van der Waals surface area contributed by atoms with Crippen molar-refractivity contribution in [3.8, 4) is 0 Å². The standard InChI is InChI=1S/C9H11ClFNO/c1-6(13-2)12-8-5-3-4-7(10)9(8)11/h3-6,12H,1-2H3. The van der Waals surface area contributed by atoms with Gasteiger partial charge in [-0.2, -0.15) is 0 Å². The lowest BCUT2D eigenvalue weighted by Crippen LogP contribution is -2.17. The van der Waals surface area contributed by atoms with E-state index in [0.29, 0.717) is 5.69 Å². The van der Waals surface area contributed by atoms with Crippen LogP contribution in [-0.4, -0.2) is 13.3 Å². The lowest BCUT2D eigenvalue weighted by molar-refractivity contribution is 0.140. The molecule has 0 fully saturated rings. The third kappa shape index (κ3) is 2.57. The molecule has 0 heterocycles. The highest BCUT2D eigenvalue weighted by Gasteiger charge is 2.07. The Bertz CT molecular complexity index is 293. The summed E-state index contributed by atoms with van der Waals surface area (Å²) in [7, 11) is 1.54. The molecule has 0 radical (unpaired) electrons. The van der Waals surface area contributed by atoms with Gasteiger partial charge in [0.15, 0.2) is 5.82 Å². The number of hydrogen-bond donors (Lipinski definition) is 1. The molecule has 2 nitrogen and oxygen atoms in total. The van der Waals surface area contributed by atoms with Crippen molar-refractivity contribution >= 4 is 17.3 Å². The molecule has 1 unspecified atom stereocenters. The van der Waals surface area contributed by atoms with Gasteiger partial charge in [-0.1, -0.05) is 17.7 Å². The summed E-state index contributed by atoms with van der Waals surface area (Å²) in [6, 6.07) is 4.78. The van der Waals surface area contributed by atoms with Crippen LogP contribution in [-0.2, 0) is 4.74 Å². The topological polar surface area (TPSA) is 21.3 Å². The number of hydrogen-bond acceptors (Lipinski definition) is 2. The maximum Gasteiger partial charge on any atom is 0.164 e. The van der Waals surface area contributed by atoms with Gasteiger partial charge in [-0.25, -0.2) is 4.39 Å². The zero-order valence-corrected chi connectivity index (χ0v) is 8.23. The first-order valence-corrected chi connectivity index (χ1v) is 4.26. The summed E-state index contributed by atoms with van der Waals surface area (Å²) >= 11 is 5.58. The summed E-state index contributed by atoms with van der Waals surface area (Å²) in [5.41, 5.74) is 0.349. The van der Waals surface area contributed by atoms with E-state index in [2.05, 4.69) is 5.32 Å². The van der Waals surface area contributed by atoms with E-state index in [-0.39, 0.29) is 11.3 Å². The van der Waals surface area contributed by atoms with Crippen LogP contribution in [0, 0.1) is 5.82 Å². The van der Waals surface area contributed by atoms with Gasteiger partial charge in [0.1, 0.15) is 6.23 Å². The first-order valence-electron chi connectivity index (χ1n) is 3.88. The van der Waals surface area contributed by atoms with Crippen LogP contribution in [0.3, 0.4) is 0 Å². The van der Waals surface area contributed by atoms with Crippen molar-refractivity contribution in [1.82, 2.24) is 0 Å². The molecule has 1 N–H and O–H groups in total. The second kappa shape index (κ2) is 4.44. The highest BCUT2D eigenvalue weighted by molar-refractivity contribution is 6.31. The fourth-order valence-corrected chi connectivity index (χ4v) is 1.07. The Balaban J connectivity index is 2.83. The number of benzene rings is 1. The Morgan fingerprint density at radius 1 is 1.54 bits per heavy atom. The zero-order chi connectivity index (χ0) is 9.84. The number of rotatable bonds is 3.